The lowest BCUT2D eigenvalue weighted by molar-refractivity contribution is -0.137. The summed E-state index contributed by atoms with van der Waals surface area (Å²) in [5.41, 5.74) is -1.93. The molecule has 4 nitrogen and oxygen atoms in total. The third kappa shape index (κ3) is 2.44. The minimum Gasteiger partial charge on any atom is -0.555 e. The third-order valence-electron chi connectivity index (χ3n) is 1.51. The molecule has 0 saturated carbocycles. The number of hydrogen-bond donors (Lipinski definition) is 3. The summed E-state index contributed by atoms with van der Waals surface area (Å²) in [7, 11) is 0. The number of halogens is 3. The van der Waals surface area contributed by atoms with Crippen LogP contribution in [0.4, 0.5) is 13.2 Å². The van der Waals surface area contributed by atoms with E-state index in [-0.39, 0.29) is 0 Å². The van der Waals surface area contributed by atoms with Gasteiger partial charge in [-0.1, -0.05) is 6.07 Å². The molecule has 0 bridgehead atoms. The lowest BCUT2D eigenvalue weighted by atomic mass is 9.75. The van der Waals surface area contributed by atoms with Gasteiger partial charge in [-0.05, 0) is 11.7 Å². The molecule has 0 fully saturated rings. The van der Waals surface area contributed by atoms with Crippen LogP contribution in [0.2, 0.25) is 0 Å². The second-order valence-electron chi connectivity index (χ2n) is 2.70. The SMILES string of the molecule is O[B-](O)(O)c1cc(C(F)(F)F)ccn1. The molecular weight excluding hydrogens is 202 g/mol. The minimum atomic E-state index is -4.61. The number of aromatic nitrogens is 1. The number of pyridine rings is 1. The summed E-state index contributed by atoms with van der Waals surface area (Å²) < 4.78 is 36.3. The van der Waals surface area contributed by atoms with Crippen LogP contribution in [-0.2, 0) is 6.18 Å². The van der Waals surface area contributed by atoms with Gasteiger partial charge in [-0.2, -0.15) is 13.2 Å². The molecule has 0 unspecified atom stereocenters. The van der Waals surface area contributed by atoms with E-state index in [4.69, 9.17) is 15.1 Å². The third-order valence-corrected chi connectivity index (χ3v) is 1.51. The molecule has 78 valence electrons. The maximum absolute atomic E-state index is 12.1. The van der Waals surface area contributed by atoms with Gasteiger partial charge in [-0.3, -0.25) is 4.98 Å². The largest absolute Gasteiger partial charge is 0.555 e. The number of rotatable bonds is 1. The Morgan fingerprint density at radius 1 is 1.21 bits per heavy atom. The van der Waals surface area contributed by atoms with Gasteiger partial charge in [0.15, 0.2) is 0 Å². The lowest BCUT2D eigenvalue weighted by Crippen LogP contribution is -2.50. The van der Waals surface area contributed by atoms with E-state index in [1.165, 1.54) is 0 Å². The molecule has 0 aliphatic carbocycles. The van der Waals surface area contributed by atoms with E-state index in [1.807, 2.05) is 0 Å². The maximum Gasteiger partial charge on any atom is 0.420 e. The molecule has 0 spiro atoms. The topological polar surface area (TPSA) is 73.6 Å². The molecule has 0 aliphatic heterocycles. The van der Waals surface area contributed by atoms with Crippen molar-refractivity contribution in [3.63, 3.8) is 0 Å². The fraction of sp³-hybridized carbons (Fsp3) is 0.167. The summed E-state index contributed by atoms with van der Waals surface area (Å²) in [5, 5.41) is 25.9. The molecule has 14 heavy (non-hydrogen) atoms. The molecule has 0 radical (unpaired) electrons. The van der Waals surface area contributed by atoms with Crippen LogP contribution in [0.3, 0.4) is 0 Å². The van der Waals surface area contributed by atoms with Crippen LogP contribution in [0.15, 0.2) is 18.3 Å². The Kier molecular flexibility index (Phi) is 2.53. The zero-order chi connectivity index (χ0) is 11.0. The van der Waals surface area contributed by atoms with Crippen LogP contribution < -0.4 is 5.59 Å². The number of alkyl halides is 3. The molecule has 3 N–H and O–H groups in total. The molecule has 1 aromatic heterocycles. The van der Waals surface area contributed by atoms with Gasteiger partial charge in [0.1, 0.15) is 0 Å². The van der Waals surface area contributed by atoms with E-state index >= 15 is 0 Å². The Balaban J connectivity index is 3.15. The van der Waals surface area contributed by atoms with Gasteiger partial charge < -0.3 is 15.1 Å². The zero-order valence-electron chi connectivity index (χ0n) is 6.73. The quantitative estimate of drug-likeness (QED) is 0.529. The smallest absolute Gasteiger partial charge is 0.420 e. The Labute approximate surface area is 76.7 Å². The molecule has 0 amide bonds. The normalized spacial score (nSPS) is 13.0. The Morgan fingerprint density at radius 2 is 1.79 bits per heavy atom. The van der Waals surface area contributed by atoms with E-state index < -0.39 is 24.1 Å². The standard InChI is InChI=1S/C6H6BF3NO3/c8-6(9,10)4-1-2-11-5(3-4)7(12,13)14/h1-3,12-14H/q-1. The van der Waals surface area contributed by atoms with Gasteiger partial charge in [-0.15, -0.1) is 0 Å². The maximum atomic E-state index is 12.1. The van der Waals surface area contributed by atoms with E-state index in [1.54, 1.807) is 0 Å². The van der Waals surface area contributed by atoms with Crippen molar-refractivity contribution < 1.29 is 28.2 Å². The van der Waals surface area contributed by atoms with Gasteiger partial charge in [0.05, 0.1) is 5.56 Å². The lowest BCUT2D eigenvalue weighted by Gasteiger charge is -2.20. The van der Waals surface area contributed by atoms with Gasteiger partial charge in [-0.25, -0.2) is 0 Å². The van der Waals surface area contributed by atoms with Gasteiger partial charge in [0, 0.05) is 6.20 Å². The average molecular weight is 208 g/mol. The van der Waals surface area contributed by atoms with Crippen LogP contribution in [0.25, 0.3) is 0 Å². The first-order valence-electron chi connectivity index (χ1n) is 3.56. The minimum absolute atomic E-state index is 0.375. The first-order chi connectivity index (χ1) is 6.21. The highest BCUT2D eigenvalue weighted by atomic mass is 19.4. The van der Waals surface area contributed by atoms with Crippen LogP contribution in [-0.4, -0.2) is 26.8 Å². The molecule has 1 rings (SSSR count). The number of nitrogens with zero attached hydrogens (tertiary/aromatic N) is 1. The van der Waals surface area contributed by atoms with Crippen LogP contribution in [0.5, 0.6) is 0 Å². The van der Waals surface area contributed by atoms with E-state index in [0.717, 1.165) is 6.20 Å². The summed E-state index contributed by atoms with van der Waals surface area (Å²) in [4.78, 5) is 3.20. The molecule has 8 heteroatoms. The predicted octanol–water partition coefficient (Wildman–Crippen LogP) is -0.777. The van der Waals surface area contributed by atoms with Crippen molar-refractivity contribution in [1.82, 2.24) is 4.98 Å². The first kappa shape index (κ1) is 11.0. The average Bonchev–Trinajstić information content (AvgIpc) is 2.01. The highest BCUT2D eigenvalue weighted by molar-refractivity contribution is 6.70. The van der Waals surface area contributed by atoms with Crippen molar-refractivity contribution in [2.45, 2.75) is 6.18 Å². The van der Waals surface area contributed by atoms with Crippen molar-refractivity contribution in [3.8, 4) is 0 Å². The molecule has 0 aromatic carbocycles. The molecule has 0 atom stereocenters. The summed E-state index contributed by atoms with van der Waals surface area (Å²) in [6.07, 6.45) is -3.88. The van der Waals surface area contributed by atoms with E-state index in [9.17, 15) is 13.2 Å². The highest BCUT2D eigenvalue weighted by Crippen LogP contribution is 2.27. The Hall–Kier alpha value is -1.12. The van der Waals surface area contributed by atoms with Crippen molar-refractivity contribution in [2.75, 3.05) is 0 Å². The Morgan fingerprint density at radius 3 is 2.21 bits per heavy atom. The van der Waals surface area contributed by atoms with Gasteiger partial charge in [0.25, 0.3) is 0 Å². The van der Waals surface area contributed by atoms with E-state index in [0.29, 0.717) is 12.1 Å². The zero-order valence-corrected chi connectivity index (χ0v) is 6.73. The summed E-state index contributed by atoms with van der Waals surface area (Å²) in [6, 6.07) is 1.03. The van der Waals surface area contributed by atoms with Crippen molar-refractivity contribution in [2.24, 2.45) is 0 Å². The molecule has 1 heterocycles. The number of hydrogen-bond acceptors (Lipinski definition) is 4. The fourth-order valence-electron chi connectivity index (χ4n) is 0.836. The summed E-state index contributed by atoms with van der Waals surface area (Å²) >= 11 is 0. The van der Waals surface area contributed by atoms with Crippen LogP contribution >= 0.6 is 0 Å². The first-order valence-corrected chi connectivity index (χ1v) is 3.56. The molecule has 1 aromatic rings. The molecule has 0 aliphatic rings. The van der Waals surface area contributed by atoms with Gasteiger partial charge in [0.2, 0.25) is 0 Å². The molecular formula is C6H6BF3NO3-. The highest BCUT2D eigenvalue weighted by Gasteiger charge is 2.32. The summed E-state index contributed by atoms with van der Waals surface area (Å²) in [6.45, 7) is -3.99. The van der Waals surface area contributed by atoms with Crippen molar-refractivity contribution in [1.29, 1.82) is 0 Å². The second kappa shape index (κ2) is 3.23. The monoisotopic (exact) mass is 208 g/mol. The van der Waals surface area contributed by atoms with Crippen molar-refractivity contribution in [3.05, 3.63) is 23.9 Å². The van der Waals surface area contributed by atoms with Crippen molar-refractivity contribution >= 4 is 12.3 Å². The van der Waals surface area contributed by atoms with Crippen LogP contribution in [0.1, 0.15) is 5.56 Å². The summed E-state index contributed by atoms with van der Waals surface area (Å²) in [5.74, 6) is 0. The second-order valence-corrected chi connectivity index (χ2v) is 2.70. The predicted molar refractivity (Wildman–Crippen MR) is 41.3 cm³/mol. The molecule has 0 saturated heterocycles. The van der Waals surface area contributed by atoms with E-state index in [2.05, 4.69) is 4.98 Å². The van der Waals surface area contributed by atoms with Crippen LogP contribution in [0, 0.1) is 0 Å². The Bertz CT molecular complexity index is 307. The van der Waals surface area contributed by atoms with Gasteiger partial charge >= 0.3 is 12.9 Å². The fourth-order valence-corrected chi connectivity index (χ4v) is 0.836.